The van der Waals surface area contributed by atoms with Crippen LogP contribution in [0.5, 0.6) is 0 Å². The Morgan fingerprint density at radius 1 is 1.26 bits per heavy atom. The van der Waals surface area contributed by atoms with Gasteiger partial charge in [-0.15, -0.1) is 0 Å². The summed E-state index contributed by atoms with van der Waals surface area (Å²) < 4.78 is 0. The summed E-state index contributed by atoms with van der Waals surface area (Å²) in [6.07, 6.45) is 0. The predicted molar refractivity (Wildman–Crippen MR) is 92.7 cm³/mol. The summed E-state index contributed by atoms with van der Waals surface area (Å²) in [6, 6.07) is 9.09. The number of rotatable bonds is 6. The van der Waals surface area contributed by atoms with Gasteiger partial charge in [0.15, 0.2) is 0 Å². The largest absolute Gasteiger partial charge is 0.354 e. The third-order valence-electron chi connectivity index (χ3n) is 3.15. The fourth-order valence-corrected chi connectivity index (χ4v) is 2.17. The van der Waals surface area contributed by atoms with Gasteiger partial charge in [-0.1, -0.05) is 43.6 Å². The van der Waals surface area contributed by atoms with Crippen LogP contribution in [0, 0.1) is 12.8 Å². The Labute approximate surface area is 141 Å². The molecule has 0 saturated heterocycles. The number of anilines is 1. The second kappa shape index (κ2) is 7.92. The maximum Gasteiger partial charge on any atom is 0.270 e. The lowest BCUT2D eigenvalue weighted by Crippen LogP contribution is -2.25. The first-order valence-corrected chi connectivity index (χ1v) is 7.94. The molecule has 2 N–H and O–H groups in total. The minimum Gasteiger partial charge on any atom is -0.354 e. The molecular formula is C17H21ClN4O. The Morgan fingerprint density at radius 3 is 2.70 bits per heavy atom. The number of aromatic nitrogens is 2. The van der Waals surface area contributed by atoms with E-state index in [0.717, 1.165) is 17.8 Å². The maximum absolute atomic E-state index is 12.3. The Morgan fingerprint density at radius 2 is 2.00 bits per heavy atom. The fraction of sp³-hybridized carbons (Fsp3) is 0.353. The zero-order valence-electron chi connectivity index (χ0n) is 13.6. The molecule has 122 valence electrons. The number of carbonyl (C=O) groups excluding carboxylic acids is 1. The molecule has 0 unspecified atom stereocenters. The van der Waals surface area contributed by atoms with Gasteiger partial charge in [-0.05, 0) is 30.5 Å². The maximum atomic E-state index is 12.3. The van der Waals surface area contributed by atoms with Crippen molar-refractivity contribution in [1.29, 1.82) is 0 Å². The molecule has 2 rings (SSSR count). The molecule has 1 amide bonds. The van der Waals surface area contributed by atoms with E-state index < -0.39 is 0 Å². The lowest BCUT2D eigenvalue weighted by Gasteiger charge is -2.10. The molecule has 0 atom stereocenters. The van der Waals surface area contributed by atoms with E-state index in [-0.39, 0.29) is 5.91 Å². The Bertz CT molecular complexity index is 688. The molecule has 23 heavy (non-hydrogen) atoms. The Balaban J connectivity index is 2.05. The van der Waals surface area contributed by atoms with Crippen LogP contribution in [0.25, 0.3) is 0 Å². The summed E-state index contributed by atoms with van der Waals surface area (Å²) in [6.45, 7) is 7.15. The molecule has 2 aromatic rings. The van der Waals surface area contributed by atoms with Crippen LogP contribution in [-0.2, 0) is 6.54 Å². The normalized spacial score (nSPS) is 10.7. The first-order chi connectivity index (χ1) is 11.0. The lowest BCUT2D eigenvalue weighted by molar-refractivity contribution is 0.0946. The van der Waals surface area contributed by atoms with Gasteiger partial charge in [0.25, 0.3) is 5.91 Å². The molecule has 5 nitrogen and oxygen atoms in total. The van der Waals surface area contributed by atoms with Crippen LogP contribution < -0.4 is 10.6 Å². The van der Waals surface area contributed by atoms with E-state index in [1.807, 2.05) is 25.1 Å². The molecule has 0 aliphatic carbocycles. The fourth-order valence-electron chi connectivity index (χ4n) is 1.97. The molecule has 0 aliphatic rings. The summed E-state index contributed by atoms with van der Waals surface area (Å²) in [4.78, 5) is 20.9. The number of amides is 1. The highest BCUT2D eigenvalue weighted by molar-refractivity contribution is 6.31. The zero-order valence-corrected chi connectivity index (χ0v) is 14.3. The first-order valence-electron chi connectivity index (χ1n) is 7.57. The number of nitrogens with zero attached hydrogens (tertiary/aromatic N) is 2. The highest BCUT2D eigenvalue weighted by atomic mass is 35.5. The van der Waals surface area contributed by atoms with Crippen molar-refractivity contribution < 1.29 is 4.79 Å². The van der Waals surface area contributed by atoms with Crippen molar-refractivity contribution >= 4 is 23.5 Å². The van der Waals surface area contributed by atoms with E-state index >= 15 is 0 Å². The van der Waals surface area contributed by atoms with Crippen molar-refractivity contribution in [2.45, 2.75) is 27.3 Å². The van der Waals surface area contributed by atoms with Crippen molar-refractivity contribution in [3.63, 3.8) is 0 Å². The number of aryl methyl sites for hydroxylation is 1. The zero-order chi connectivity index (χ0) is 16.8. The van der Waals surface area contributed by atoms with Crippen molar-refractivity contribution in [2.24, 2.45) is 5.92 Å². The monoisotopic (exact) mass is 332 g/mol. The molecule has 0 saturated carbocycles. The van der Waals surface area contributed by atoms with Gasteiger partial charge in [-0.25, -0.2) is 9.97 Å². The van der Waals surface area contributed by atoms with E-state index in [9.17, 15) is 4.79 Å². The van der Waals surface area contributed by atoms with Gasteiger partial charge in [-0.3, -0.25) is 4.79 Å². The first kappa shape index (κ1) is 17.2. The van der Waals surface area contributed by atoms with Gasteiger partial charge in [0.1, 0.15) is 5.69 Å². The van der Waals surface area contributed by atoms with E-state index in [1.165, 1.54) is 0 Å². The molecule has 1 heterocycles. The molecule has 0 aliphatic heterocycles. The van der Waals surface area contributed by atoms with Gasteiger partial charge in [0.2, 0.25) is 5.95 Å². The van der Waals surface area contributed by atoms with Crippen molar-refractivity contribution in [1.82, 2.24) is 15.3 Å². The quantitative estimate of drug-likeness (QED) is 0.850. The smallest absolute Gasteiger partial charge is 0.270 e. The van der Waals surface area contributed by atoms with E-state index in [2.05, 4.69) is 34.4 Å². The van der Waals surface area contributed by atoms with Crippen molar-refractivity contribution in [3.8, 4) is 0 Å². The standard InChI is InChI=1S/C17H21ClN4O/c1-11(2)9-20-17-21-12(3)8-15(22-17)16(23)19-10-13-6-4-5-7-14(13)18/h4-8,11H,9-10H2,1-3H3,(H,19,23)(H,20,21,22). The molecule has 6 heteroatoms. The number of carbonyl (C=O) groups is 1. The highest BCUT2D eigenvalue weighted by Crippen LogP contribution is 2.14. The van der Waals surface area contributed by atoms with Crippen LogP contribution in [0.2, 0.25) is 5.02 Å². The summed E-state index contributed by atoms with van der Waals surface area (Å²) in [5.41, 5.74) is 1.96. The third-order valence-corrected chi connectivity index (χ3v) is 3.52. The van der Waals surface area contributed by atoms with Gasteiger partial charge < -0.3 is 10.6 Å². The SMILES string of the molecule is Cc1cc(C(=O)NCc2ccccc2Cl)nc(NCC(C)C)n1. The third kappa shape index (κ3) is 5.21. The summed E-state index contributed by atoms with van der Waals surface area (Å²) in [5, 5.41) is 6.60. The van der Waals surface area contributed by atoms with Crippen LogP contribution >= 0.6 is 11.6 Å². The molecule has 0 spiro atoms. The van der Waals surface area contributed by atoms with Crippen LogP contribution in [0.15, 0.2) is 30.3 Å². The molecule has 1 aromatic carbocycles. The minimum absolute atomic E-state index is 0.247. The van der Waals surface area contributed by atoms with Gasteiger partial charge in [-0.2, -0.15) is 0 Å². The van der Waals surface area contributed by atoms with Gasteiger partial charge >= 0.3 is 0 Å². The molecular weight excluding hydrogens is 312 g/mol. The van der Waals surface area contributed by atoms with Crippen LogP contribution in [0.1, 0.15) is 35.6 Å². The van der Waals surface area contributed by atoms with Gasteiger partial charge in [0.05, 0.1) is 0 Å². The van der Waals surface area contributed by atoms with E-state index in [1.54, 1.807) is 12.1 Å². The number of benzene rings is 1. The number of nitrogens with one attached hydrogen (secondary N) is 2. The van der Waals surface area contributed by atoms with Crippen molar-refractivity contribution in [2.75, 3.05) is 11.9 Å². The molecule has 0 bridgehead atoms. The average Bonchev–Trinajstić information content (AvgIpc) is 2.51. The van der Waals surface area contributed by atoms with Gasteiger partial charge in [0, 0.05) is 23.8 Å². The van der Waals surface area contributed by atoms with Crippen LogP contribution in [0.3, 0.4) is 0 Å². The molecule has 0 fully saturated rings. The summed E-state index contributed by atoms with van der Waals surface area (Å²) >= 11 is 6.09. The predicted octanol–water partition coefficient (Wildman–Crippen LogP) is 3.44. The Hall–Kier alpha value is -2.14. The Kier molecular flexibility index (Phi) is 5.93. The second-order valence-corrected chi connectivity index (χ2v) is 6.17. The minimum atomic E-state index is -0.247. The summed E-state index contributed by atoms with van der Waals surface area (Å²) in [7, 11) is 0. The van der Waals surface area contributed by atoms with Crippen LogP contribution in [-0.4, -0.2) is 22.4 Å². The number of hydrogen-bond donors (Lipinski definition) is 2. The highest BCUT2D eigenvalue weighted by Gasteiger charge is 2.11. The summed E-state index contributed by atoms with van der Waals surface area (Å²) in [5.74, 6) is 0.696. The van der Waals surface area contributed by atoms with E-state index in [0.29, 0.717) is 29.1 Å². The average molecular weight is 333 g/mol. The topological polar surface area (TPSA) is 66.9 Å². The van der Waals surface area contributed by atoms with Crippen molar-refractivity contribution in [3.05, 3.63) is 52.3 Å². The van der Waals surface area contributed by atoms with E-state index in [4.69, 9.17) is 11.6 Å². The molecule has 1 aromatic heterocycles. The van der Waals surface area contributed by atoms with Crippen LogP contribution in [0.4, 0.5) is 5.95 Å². The lowest BCUT2D eigenvalue weighted by atomic mass is 10.2. The number of halogens is 1. The number of hydrogen-bond acceptors (Lipinski definition) is 4. The second-order valence-electron chi connectivity index (χ2n) is 5.77. The molecule has 0 radical (unpaired) electrons.